The first-order chi connectivity index (χ1) is 17.5. The Labute approximate surface area is 260 Å². The number of aromatic nitrogens is 1. The zero-order valence-electron chi connectivity index (χ0n) is 21.8. The van der Waals surface area contributed by atoms with Crippen LogP contribution in [-0.2, 0) is 12.8 Å². The van der Waals surface area contributed by atoms with Crippen LogP contribution in [-0.4, -0.2) is 29.5 Å². The van der Waals surface area contributed by atoms with E-state index in [-0.39, 0.29) is 52.9 Å². The summed E-state index contributed by atoms with van der Waals surface area (Å²) in [4.78, 5) is 0.648. The Morgan fingerprint density at radius 3 is 2.78 bits per heavy atom. The Balaban J connectivity index is 0.00000320. The number of thiophene rings is 1. The molecule has 1 N–H and O–H groups in total. The van der Waals surface area contributed by atoms with Crippen molar-refractivity contribution in [2.75, 3.05) is 5.44 Å². The van der Waals surface area contributed by atoms with Crippen LogP contribution >= 0.6 is 11.3 Å². The molecule has 190 valence electrons. The summed E-state index contributed by atoms with van der Waals surface area (Å²) in [7, 11) is 0. The van der Waals surface area contributed by atoms with Crippen LogP contribution in [0, 0.1) is 47.1 Å². The predicted molar refractivity (Wildman–Crippen MR) is 152 cm³/mol. The predicted octanol–water partition coefficient (Wildman–Crippen LogP) is 8.57. The summed E-state index contributed by atoms with van der Waals surface area (Å²) in [6.45, 7) is 4.42. The summed E-state index contributed by atoms with van der Waals surface area (Å²) in [5.74, 6) is 2.79. The molecule has 7 heteroatoms. The van der Waals surface area contributed by atoms with E-state index in [4.69, 9.17) is 4.74 Å². The molecule has 1 aliphatic carbocycles. The number of fused-ring (bicyclic) bond motifs is 3. The van der Waals surface area contributed by atoms with Gasteiger partial charge < -0.3 is 0 Å². The van der Waals surface area contributed by atoms with Gasteiger partial charge in [0.1, 0.15) is 0 Å². The number of halogens is 1. The summed E-state index contributed by atoms with van der Waals surface area (Å²) in [5.41, 5.74) is 7.02. The van der Waals surface area contributed by atoms with Crippen LogP contribution in [0.1, 0.15) is 49.9 Å². The second-order valence-electron chi connectivity index (χ2n) is 9.63. The van der Waals surface area contributed by atoms with Crippen LogP contribution in [0.4, 0.5) is 4.39 Å². The first kappa shape index (κ1) is 28.9. The second-order valence-corrected chi connectivity index (χ2v) is 16.6. The molecule has 2 heterocycles. The van der Waals surface area contributed by atoms with Crippen molar-refractivity contribution in [3.8, 4) is 27.6 Å². The molecule has 0 saturated carbocycles. The third-order valence-electron chi connectivity index (χ3n) is 7.08. The van der Waals surface area contributed by atoms with Crippen molar-refractivity contribution in [1.29, 1.82) is 0 Å². The average Bonchev–Trinajstić information content (AvgIpc) is 3.43. The molecule has 0 amide bonds. The van der Waals surface area contributed by atoms with E-state index in [1.165, 1.54) is 63.8 Å². The van der Waals surface area contributed by atoms with Gasteiger partial charge in [0.05, 0.1) is 0 Å². The van der Waals surface area contributed by atoms with E-state index in [1.54, 1.807) is 6.07 Å². The van der Waals surface area contributed by atoms with Gasteiger partial charge in [0.15, 0.2) is 0 Å². The van der Waals surface area contributed by atoms with E-state index in [9.17, 15) is 9.50 Å². The van der Waals surface area contributed by atoms with Crippen molar-refractivity contribution < 1.29 is 55.5 Å². The number of benzene rings is 2. The van der Waals surface area contributed by atoms with Crippen LogP contribution < -0.4 is 4.74 Å². The molecule has 1 aliphatic rings. The van der Waals surface area contributed by atoms with Crippen LogP contribution in [0.15, 0.2) is 47.9 Å². The van der Waals surface area contributed by atoms with Gasteiger partial charge in [-0.1, -0.05) is 13.3 Å². The van der Waals surface area contributed by atoms with Crippen LogP contribution in [0.5, 0.6) is 11.5 Å². The van der Waals surface area contributed by atoms with Crippen LogP contribution in [0.3, 0.4) is 0 Å². The van der Waals surface area contributed by atoms with Crippen LogP contribution in [0.2, 0.25) is 11.0 Å². The largest absolute Gasteiger partial charge is 0 e. The smallest absolute Gasteiger partial charge is 0 e. The molecular formula is C30H33FGeNO2PrS. The number of hydrogen-bond acceptors (Lipinski definition) is 3. The van der Waals surface area contributed by atoms with Gasteiger partial charge in [-0.25, -0.2) is 0 Å². The molecule has 37 heavy (non-hydrogen) atoms. The molecule has 4 aromatic rings. The molecule has 0 spiro atoms. The van der Waals surface area contributed by atoms with Crippen molar-refractivity contribution >= 4 is 42.7 Å². The molecule has 5 rings (SSSR count). The molecule has 2 radical (unpaired) electrons. The molecule has 0 atom stereocenters. The molecule has 3 nitrogen and oxygen atoms in total. The molecule has 2 aromatic carbocycles. The number of hydrogen-bond donors (Lipinski definition) is 1. The Morgan fingerprint density at radius 2 is 2.00 bits per heavy atom. The van der Waals surface area contributed by atoms with E-state index < -0.39 is 14.3 Å². The molecule has 0 bridgehead atoms. The zero-order valence-corrected chi connectivity index (χ0v) is 28.4. The van der Waals surface area contributed by atoms with Gasteiger partial charge in [0.25, 0.3) is 0 Å². The number of ether oxygens (including phenoxy) is 1. The van der Waals surface area contributed by atoms with Crippen molar-refractivity contribution in [2.45, 2.75) is 57.0 Å². The summed E-state index contributed by atoms with van der Waals surface area (Å²) >= 11 is 0.205. The maximum absolute atomic E-state index is 14.3. The van der Waals surface area contributed by atoms with E-state index in [0.29, 0.717) is 16.2 Å². The van der Waals surface area contributed by atoms with E-state index in [0.717, 1.165) is 35.9 Å². The quantitative estimate of drug-likeness (QED) is 0.177. The fourth-order valence-electron chi connectivity index (χ4n) is 4.88. The third kappa shape index (κ3) is 5.90. The van der Waals surface area contributed by atoms with Crippen molar-refractivity contribution in [2.24, 2.45) is 0 Å². The Kier molecular flexibility index (Phi) is 9.99. The SMILES string of the molecule is CCCCc1ccc2c(c1)c1c(n2-c2csc(-c3cc(F)ccc3O[CH2][Ge]([CH3])[CH2]C)c2O)CCC=C1.[Pr]. The zero-order chi connectivity index (χ0) is 25.2. The monoisotopic (exact) mass is 705 g/mol. The van der Waals surface area contributed by atoms with Crippen molar-refractivity contribution in [1.82, 2.24) is 4.57 Å². The third-order valence-corrected chi connectivity index (χ3v) is 11.9. The van der Waals surface area contributed by atoms with E-state index in [2.05, 4.69) is 54.5 Å². The first-order valence-electron chi connectivity index (χ1n) is 12.9. The summed E-state index contributed by atoms with van der Waals surface area (Å²) in [5, 5.41) is 15.9. The maximum Gasteiger partial charge on any atom is 0 e. The summed E-state index contributed by atoms with van der Waals surface area (Å²) < 4.78 is 22.7. The topological polar surface area (TPSA) is 34.4 Å². The normalized spacial score (nSPS) is 12.7. The van der Waals surface area contributed by atoms with Gasteiger partial charge in [0, 0.05) is 41.3 Å². The number of rotatable bonds is 9. The first-order valence-corrected chi connectivity index (χ1v) is 18.8. The summed E-state index contributed by atoms with van der Waals surface area (Å²) in [6.07, 6.45) is 9.79. The minimum atomic E-state index is -1.24. The van der Waals surface area contributed by atoms with Gasteiger partial charge in [-0.15, -0.1) is 0 Å². The Bertz CT molecular complexity index is 1430. The second kappa shape index (κ2) is 12.8. The van der Waals surface area contributed by atoms with Crippen LogP contribution in [0.25, 0.3) is 33.1 Å². The standard InChI is InChI=1S/C30H33FGeNO2S.Pr/c1-4-6-9-20-12-14-26-23(16-20)22-10-7-8-11-25(22)33(26)27-18-36-30(29(27)34)24-17-21(31)13-15-28(24)35-19-32(3)5-2;/h7,10,12-18,34H,4-6,8-9,11,19H2,1-3H3;. The van der Waals surface area contributed by atoms with Crippen molar-refractivity contribution in [3.05, 3.63) is 70.5 Å². The molecule has 0 saturated heterocycles. The van der Waals surface area contributed by atoms with Crippen molar-refractivity contribution in [3.63, 3.8) is 0 Å². The van der Waals surface area contributed by atoms with Gasteiger partial charge in [-0.3, -0.25) is 0 Å². The van der Waals surface area contributed by atoms with E-state index >= 15 is 0 Å². The number of allylic oxidation sites excluding steroid dienone is 1. The summed E-state index contributed by atoms with van der Waals surface area (Å²) in [6, 6.07) is 11.3. The Hall–Kier alpha value is -1.14. The fourth-order valence-corrected chi connectivity index (χ4v) is 7.10. The molecule has 2 aromatic heterocycles. The van der Waals surface area contributed by atoms with E-state index in [1.807, 2.05) is 5.38 Å². The number of aryl methyl sites for hydroxylation is 1. The molecule has 0 fully saturated rings. The maximum atomic E-state index is 14.3. The van der Waals surface area contributed by atoms with Gasteiger partial charge in [-0.2, -0.15) is 0 Å². The minimum Gasteiger partial charge on any atom is 0 e. The number of aromatic hydroxyl groups is 1. The minimum absolute atomic E-state index is 0. The number of unbranched alkanes of at least 4 members (excludes halogenated alkanes) is 1. The van der Waals surface area contributed by atoms with Gasteiger partial charge in [-0.05, 0) is 12.8 Å². The average molecular weight is 704 g/mol. The number of nitrogens with zero attached hydrogens (tertiary/aromatic N) is 1. The molecule has 0 unspecified atom stereocenters. The Morgan fingerprint density at radius 1 is 1.16 bits per heavy atom. The van der Waals surface area contributed by atoms with Gasteiger partial charge >= 0.3 is 196 Å². The van der Waals surface area contributed by atoms with Gasteiger partial charge in [0.2, 0.25) is 0 Å². The fraction of sp³-hybridized carbons (Fsp3) is 0.333. The molecular weight excluding hydrogens is 671 g/mol. The molecule has 0 aliphatic heterocycles.